The van der Waals surface area contributed by atoms with Crippen LogP contribution in [0.1, 0.15) is 11.3 Å². The Morgan fingerprint density at radius 3 is 2.74 bits per heavy atom. The number of aromatic nitrogens is 2. The predicted molar refractivity (Wildman–Crippen MR) is 114 cm³/mol. The second-order valence-corrected chi connectivity index (χ2v) is 8.30. The van der Waals surface area contributed by atoms with Crippen molar-refractivity contribution in [3.63, 3.8) is 0 Å². The molecule has 2 aromatic heterocycles. The topological polar surface area (TPSA) is 56.1 Å². The zero-order chi connectivity index (χ0) is 22.1. The van der Waals surface area contributed by atoms with Gasteiger partial charge in [-0.15, -0.1) is 11.8 Å². The first-order chi connectivity index (χ1) is 14.9. The molecule has 1 aliphatic rings. The molecule has 164 valence electrons. The molecule has 4 rings (SSSR count). The Balaban J connectivity index is 1.79. The fourth-order valence-electron chi connectivity index (χ4n) is 3.84. The van der Waals surface area contributed by atoms with Gasteiger partial charge in [0.15, 0.2) is 0 Å². The molecule has 9 heteroatoms. The lowest BCUT2D eigenvalue weighted by molar-refractivity contribution is -0.0241. The van der Waals surface area contributed by atoms with Gasteiger partial charge in [0.25, 0.3) is 0 Å². The van der Waals surface area contributed by atoms with E-state index in [0.29, 0.717) is 42.4 Å². The van der Waals surface area contributed by atoms with Crippen LogP contribution in [0.3, 0.4) is 0 Å². The average Bonchev–Trinajstić information content (AvgIpc) is 3.09. The predicted octanol–water partition coefficient (Wildman–Crippen LogP) is 4.32. The fraction of sp³-hybridized carbons (Fsp3) is 0.364. The Kier molecular flexibility index (Phi) is 6.15. The Bertz CT molecular complexity index is 1110. The van der Waals surface area contributed by atoms with Crippen LogP contribution in [-0.2, 0) is 15.9 Å². The van der Waals surface area contributed by atoms with Crippen LogP contribution in [-0.4, -0.2) is 59.5 Å². The molecule has 3 aromatic rings. The average molecular weight is 448 g/mol. The van der Waals surface area contributed by atoms with Crippen molar-refractivity contribution in [2.24, 2.45) is 0 Å². The van der Waals surface area contributed by atoms with Crippen molar-refractivity contribution in [1.29, 1.82) is 0 Å². The molecule has 1 amide bonds. The van der Waals surface area contributed by atoms with Crippen LogP contribution in [0.2, 0.25) is 0 Å². The molecule has 31 heavy (non-hydrogen) atoms. The molecule has 0 spiro atoms. The second kappa shape index (κ2) is 8.84. The minimum Gasteiger partial charge on any atom is -0.453 e. The molecule has 1 aliphatic heterocycles. The molecule has 0 aliphatic carbocycles. The highest BCUT2D eigenvalue weighted by molar-refractivity contribution is 7.98. The van der Waals surface area contributed by atoms with Gasteiger partial charge in [0, 0.05) is 24.1 Å². The van der Waals surface area contributed by atoms with Crippen LogP contribution < -0.4 is 0 Å². The van der Waals surface area contributed by atoms with Gasteiger partial charge in [0.05, 0.1) is 43.3 Å². The Morgan fingerprint density at radius 1 is 1.32 bits per heavy atom. The summed E-state index contributed by atoms with van der Waals surface area (Å²) in [5.41, 5.74) is 2.29. The molecule has 1 aromatic carbocycles. The van der Waals surface area contributed by atoms with Gasteiger partial charge in [-0.2, -0.15) is 0 Å². The number of methoxy groups -OCH3 is 1. The number of imidazole rings is 1. The number of benzene rings is 1. The summed E-state index contributed by atoms with van der Waals surface area (Å²) in [5.74, 6) is -1.32. The summed E-state index contributed by atoms with van der Waals surface area (Å²) in [6, 6.07) is 6.41. The summed E-state index contributed by atoms with van der Waals surface area (Å²) >= 11 is 1.27. The van der Waals surface area contributed by atoms with Crippen LogP contribution >= 0.6 is 11.8 Å². The van der Waals surface area contributed by atoms with Crippen LogP contribution in [0, 0.1) is 18.6 Å². The smallest absolute Gasteiger partial charge is 0.409 e. The number of morpholine rings is 1. The van der Waals surface area contributed by atoms with Gasteiger partial charge in [0.1, 0.15) is 17.3 Å². The number of carbonyl (C=O) groups excluding carboxylic acids is 1. The number of carbonyl (C=O) groups is 1. The first kappa shape index (κ1) is 21.6. The van der Waals surface area contributed by atoms with Crippen molar-refractivity contribution >= 4 is 23.5 Å². The maximum atomic E-state index is 15.0. The molecule has 0 radical (unpaired) electrons. The standard InChI is InChI=1S/C22H23F2N3O3S/c1-13-4-5-27-18(9-14-12-26(6-7-30-14)22(28)29-2)21(25-19(27)8-13)20-16(23)10-15(31-3)11-17(20)24/h4-5,8,10-11,14H,6-7,9,12H2,1-3H3. The molecule has 1 unspecified atom stereocenters. The van der Waals surface area contributed by atoms with Gasteiger partial charge in [-0.25, -0.2) is 18.6 Å². The summed E-state index contributed by atoms with van der Waals surface area (Å²) in [5, 5.41) is 0. The second-order valence-electron chi connectivity index (χ2n) is 7.42. The summed E-state index contributed by atoms with van der Waals surface area (Å²) in [7, 11) is 1.33. The van der Waals surface area contributed by atoms with E-state index >= 15 is 0 Å². The molecule has 1 fully saturated rings. The molecule has 0 saturated carbocycles. The van der Waals surface area contributed by atoms with Crippen molar-refractivity contribution in [3.8, 4) is 11.3 Å². The third kappa shape index (κ3) is 4.24. The third-order valence-corrected chi connectivity index (χ3v) is 6.07. The maximum Gasteiger partial charge on any atom is 0.409 e. The van der Waals surface area contributed by atoms with E-state index in [0.717, 1.165) is 5.56 Å². The highest BCUT2D eigenvalue weighted by atomic mass is 32.2. The molecule has 1 atom stereocenters. The van der Waals surface area contributed by atoms with E-state index in [1.54, 1.807) is 11.2 Å². The number of thioether (sulfide) groups is 1. The number of amides is 1. The fourth-order valence-corrected chi connectivity index (χ4v) is 4.28. The number of halogens is 2. The first-order valence-corrected chi connectivity index (χ1v) is 11.1. The van der Waals surface area contributed by atoms with Crippen LogP contribution in [0.15, 0.2) is 35.4 Å². The van der Waals surface area contributed by atoms with E-state index in [2.05, 4.69) is 4.98 Å². The quantitative estimate of drug-likeness (QED) is 0.558. The van der Waals surface area contributed by atoms with Crippen molar-refractivity contribution in [3.05, 3.63) is 53.4 Å². The first-order valence-electron chi connectivity index (χ1n) is 9.86. The number of nitrogens with zero attached hydrogens (tertiary/aromatic N) is 3. The van der Waals surface area contributed by atoms with Gasteiger partial charge in [0.2, 0.25) is 0 Å². The molecular weight excluding hydrogens is 424 g/mol. The molecule has 0 bridgehead atoms. The number of hydrogen-bond donors (Lipinski definition) is 0. The number of fused-ring (bicyclic) bond motifs is 1. The number of hydrogen-bond acceptors (Lipinski definition) is 5. The minimum atomic E-state index is -0.661. The zero-order valence-corrected chi connectivity index (χ0v) is 18.3. The summed E-state index contributed by atoms with van der Waals surface area (Å²) < 4.78 is 42.4. The van der Waals surface area contributed by atoms with Gasteiger partial charge < -0.3 is 18.8 Å². The van der Waals surface area contributed by atoms with E-state index in [1.165, 1.54) is 31.0 Å². The highest BCUT2D eigenvalue weighted by Crippen LogP contribution is 2.33. The molecule has 0 N–H and O–H groups in total. The highest BCUT2D eigenvalue weighted by Gasteiger charge is 2.29. The number of pyridine rings is 1. The van der Waals surface area contributed by atoms with Gasteiger partial charge >= 0.3 is 6.09 Å². The van der Waals surface area contributed by atoms with Crippen molar-refractivity contribution in [1.82, 2.24) is 14.3 Å². The number of rotatable bonds is 4. The molecular formula is C22H23F2N3O3S. The molecule has 1 saturated heterocycles. The lowest BCUT2D eigenvalue weighted by atomic mass is 10.0. The molecule has 6 nitrogen and oxygen atoms in total. The van der Waals surface area contributed by atoms with E-state index < -0.39 is 17.7 Å². The van der Waals surface area contributed by atoms with Crippen LogP contribution in [0.5, 0.6) is 0 Å². The largest absolute Gasteiger partial charge is 0.453 e. The zero-order valence-electron chi connectivity index (χ0n) is 17.5. The van der Waals surface area contributed by atoms with E-state index in [-0.39, 0.29) is 17.4 Å². The third-order valence-electron chi connectivity index (χ3n) is 5.36. The lowest BCUT2D eigenvalue weighted by Crippen LogP contribution is -2.46. The summed E-state index contributed by atoms with van der Waals surface area (Å²) in [6.45, 7) is 3.04. The van der Waals surface area contributed by atoms with E-state index in [9.17, 15) is 13.6 Å². The number of aryl methyl sites for hydroxylation is 1. The van der Waals surface area contributed by atoms with Crippen LogP contribution in [0.4, 0.5) is 13.6 Å². The van der Waals surface area contributed by atoms with Crippen LogP contribution in [0.25, 0.3) is 16.9 Å². The van der Waals surface area contributed by atoms with E-state index in [4.69, 9.17) is 9.47 Å². The van der Waals surface area contributed by atoms with E-state index in [1.807, 2.05) is 29.7 Å². The van der Waals surface area contributed by atoms with Gasteiger partial charge in [-0.3, -0.25) is 0 Å². The Labute approximate surface area is 183 Å². The normalized spacial score (nSPS) is 16.7. The Morgan fingerprint density at radius 2 is 2.06 bits per heavy atom. The summed E-state index contributed by atoms with van der Waals surface area (Å²) in [6.07, 6.45) is 3.15. The number of ether oxygens (including phenoxy) is 2. The van der Waals surface area contributed by atoms with Gasteiger partial charge in [-0.05, 0) is 43.0 Å². The molecule has 3 heterocycles. The maximum absolute atomic E-state index is 15.0. The van der Waals surface area contributed by atoms with Crippen molar-refractivity contribution in [2.75, 3.05) is 33.1 Å². The Hall–Kier alpha value is -2.65. The van der Waals surface area contributed by atoms with Crippen molar-refractivity contribution < 1.29 is 23.0 Å². The SMILES string of the molecule is COC(=O)N1CCOC(Cc2c(-c3c(F)cc(SC)cc3F)nc3cc(C)ccn23)C1. The van der Waals surface area contributed by atoms with Gasteiger partial charge in [-0.1, -0.05) is 0 Å². The minimum absolute atomic E-state index is 0.158. The summed E-state index contributed by atoms with van der Waals surface area (Å²) in [4.78, 5) is 18.6. The lowest BCUT2D eigenvalue weighted by Gasteiger charge is -2.32. The van der Waals surface area contributed by atoms with Crippen molar-refractivity contribution in [2.45, 2.75) is 24.3 Å². The monoisotopic (exact) mass is 447 g/mol.